The van der Waals surface area contributed by atoms with E-state index in [9.17, 15) is 4.79 Å². The molecule has 0 spiro atoms. The normalized spacial score (nSPS) is 12.2. The van der Waals surface area contributed by atoms with Crippen LogP contribution >= 0.6 is 22.6 Å². The van der Waals surface area contributed by atoms with E-state index in [1.54, 1.807) is 0 Å². The maximum atomic E-state index is 11.6. The number of nitrogens with two attached hydrogens (primary N) is 1. The van der Waals surface area contributed by atoms with Crippen LogP contribution in [0, 0.1) is 3.57 Å². The average molecular weight is 349 g/mol. The molecule has 4 N–H and O–H groups in total. The highest BCUT2D eigenvalue weighted by atomic mass is 127. The number of benzene rings is 1. The van der Waals surface area contributed by atoms with Crippen LogP contribution in [-0.4, -0.2) is 30.2 Å². The minimum absolute atomic E-state index is 0.0434. The third-order valence-electron chi connectivity index (χ3n) is 2.52. The molecule has 94 valence electrons. The van der Waals surface area contributed by atoms with Crippen molar-refractivity contribution in [2.45, 2.75) is 19.4 Å². The molecule has 0 heterocycles. The van der Waals surface area contributed by atoms with E-state index < -0.39 is 0 Å². The topological polar surface area (TPSA) is 65.9 Å². The summed E-state index contributed by atoms with van der Waals surface area (Å²) in [6, 6.07) is 7.76. The number of carbonyl (C=O) groups is 1. The number of carbonyl (C=O) groups excluding carboxylic acids is 1. The van der Waals surface area contributed by atoms with Gasteiger partial charge in [0.1, 0.15) is 6.04 Å². The number of halogens is 1. The largest absolute Gasteiger partial charge is 0.390 e. The molecule has 0 unspecified atom stereocenters. The Morgan fingerprint density at radius 2 is 2.12 bits per heavy atom. The minimum Gasteiger partial charge on any atom is -0.390 e. The molecule has 0 aromatic heterocycles. The molecular weight excluding hydrogens is 331 g/mol. The summed E-state index contributed by atoms with van der Waals surface area (Å²) in [4.78, 5) is 11.6. The third-order valence-corrected chi connectivity index (χ3v) is 3.24. The molecule has 17 heavy (non-hydrogen) atoms. The highest BCUT2D eigenvalue weighted by Gasteiger charge is 2.10. The van der Waals surface area contributed by atoms with Gasteiger partial charge < -0.3 is 15.7 Å². The second kappa shape index (κ2) is 7.62. The third kappa shape index (κ3) is 5.47. The zero-order valence-electron chi connectivity index (χ0n) is 9.82. The monoisotopic (exact) mass is 349 g/mol. The number of anilines is 1. The number of aliphatic hydroxyl groups excluding tert-OH is 1. The van der Waals surface area contributed by atoms with Crippen molar-refractivity contribution in [2.24, 2.45) is 0 Å². The maximum Gasteiger partial charge on any atom is 0.279 e. The van der Waals surface area contributed by atoms with Gasteiger partial charge in [0.2, 0.25) is 0 Å². The molecule has 1 atom stereocenters. The van der Waals surface area contributed by atoms with E-state index >= 15 is 0 Å². The molecular formula is C12H18IN2O2+. The molecule has 1 aromatic rings. The maximum absolute atomic E-state index is 11.6. The predicted molar refractivity (Wildman–Crippen MR) is 75.7 cm³/mol. The quantitative estimate of drug-likeness (QED) is 0.658. The van der Waals surface area contributed by atoms with Gasteiger partial charge >= 0.3 is 0 Å². The molecule has 0 bridgehead atoms. The van der Waals surface area contributed by atoms with Crippen LogP contribution in [0.5, 0.6) is 0 Å². The van der Waals surface area contributed by atoms with Gasteiger partial charge in [0.25, 0.3) is 5.91 Å². The molecule has 0 aliphatic rings. The lowest BCUT2D eigenvalue weighted by Crippen LogP contribution is -2.92. The molecule has 0 aliphatic carbocycles. The Morgan fingerprint density at radius 1 is 1.47 bits per heavy atom. The lowest BCUT2D eigenvalue weighted by atomic mass is 10.2. The van der Waals surface area contributed by atoms with Crippen molar-refractivity contribution in [1.82, 2.24) is 0 Å². The molecule has 4 nitrogen and oxygen atoms in total. The zero-order chi connectivity index (χ0) is 12.7. The Balaban J connectivity index is 2.37. The second-order valence-corrected chi connectivity index (χ2v) is 5.09. The first-order valence-corrected chi connectivity index (χ1v) is 6.73. The van der Waals surface area contributed by atoms with Gasteiger partial charge in [-0.15, -0.1) is 0 Å². The van der Waals surface area contributed by atoms with Crippen LogP contribution in [0.1, 0.15) is 13.3 Å². The van der Waals surface area contributed by atoms with Crippen molar-refractivity contribution in [3.63, 3.8) is 0 Å². The standard InChI is InChI=1S/C12H17IN2O2/c1-2-10(8-16)14-7-12(17)15-11-5-3-9(13)4-6-11/h3-6,10,14,16H,2,7-8H2,1H3,(H,15,17)/p+1/t10-/m0/s1. The summed E-state index contributed by atoms with van der Waals surface area (Å²) >= 11 is 2.22. The first kappa shape index (κ1) is 14.4. The zero-order valence-corrected chi connectivity index (χ0v) is 12.0. The van der Waals surface area contributed by atoms with Crippen molar-refractivity contribution >= 4 is 34.2 Å². The lowest BCUT2D eigenvalue weighted by Gasteiger charge is -2.10. The minimum atomic E-state index is -0.0434. The first-order valence-electron chi connectivity index (χ1n) is 5.65. The Hall–Kier alpha value is -0.660. The van der Waals surface area contributed by atoms with E-state index in [1.807, 2.05) is 36.5 Å². The van der Waals surface area contributed by atoms with Crippen molar-refractivity contribution in [1.29, 1.82) is 0 Å². The van der Waals surface area contributed by atoms with E-state index in [2.05, 4.69) is 27.9 Å². The molecule has 1 amide bonds. The summed E-state index contributed by atoms with van der Waals surface area (Å²) in [5, 5.41) is 13.7. The number of hydrogen-bond donors (Lipinski definition) is 3. The number of rotatable bonds is 6. The van der Waals surface area contributed by atoms with Gasteiger partial charge in [0.15, 0.2) is 6.54 Å². The van der Waals surface area contributed by atoms with Crippen LogP contribution < -0.4 is 10.6 Å². The molecule has 0 saturated heterocycles. The summed E-state index contributed by atoms with van der Waals surface area (Å²) in [6.45, 7) is 2.44. The fourth-order valence-electron chi connectivity index (χ4n) is 1.39. The van der Waals surface area contributed by atoms with Gasteiger partial charge in [0, 0.05) is 9.26 Å². The van der Waals surface area contributed by atoms with Crippen LogP contribution in [0.25, 0.3) is 0 Å². The van der Waals surface area contributed by atoms with Gasteiger partial charge in [-0.05, 0) is 53.3 Å². The number of amides is 1. The van der Waals surface area contributed by atoms with Crippen LogP contribution in [0.2, 0.25) is 0 Å². The highest BCUT2D eigenvalue weighted by Crippen LogP contribution is 2.10. The van der Waals surface area contributed by atoms with Crippen molar-refractivity contribution in [3.8, 4) is 0 Å². The van der Waals surface area contributed by atoms with E-state index in [4.69, 9.17) is 5.11 Å². The Labute approximate surface area is 115 Å². The van der Waals surface area contributed by atoms with Crippen molar-refractivity contribution in [2.75, 3.05) is 18.5 Å². The summed E-state index contributed by atoms with van der Waals surface area (Å²) in [5.41, 5.74) is 0.806. The number of quaternary nitrogens is 1. The number of aliphatic hydroxyl groups is 1. The van der Waals surface area contributed by atoms with E-state index in [1.165, 1.54) is 0 Å². The fraction of sp³-hybridized carbons (Fsp3) is 0.417. The van der Waals surface area contributed by atoms with Gasteiger partial charge in [-0.2, -0.15) is 0 Å². The van der Waals surface area contributed by atoms with E-state index in [-0.39, 0.29) is 18.6 Å². The van der Waals surface area contributed by atoms with Crippen molar-refractivity contribution < 1.29 is 15.2 Å². The summed E-state index contributed by atoms with van der Waals surface area (Å²) in [5.74, 6) is -0.0434. The SMILES string of the molecule is CC[C@@H](CO)[NH2+]CC(=O)Nc1ccc(I)cc1. The molecule has 1 rings (SSSR count). The first-order chi connectivity index (χ1) is 8.15. The highest BCUT2D eigenvalue weighted by molar-refractivity contribution is 14.1. The van der Waals surface area contributed by atoms with Gasteiger partial charge in [-0.25, -0.2) is 0 Å². The Bertz CT molecular complexity index is 350. The van der Waals surface area contributed by atoms with Crippen LogP contribution in [0.3, 0.4) is 0 Å². The molecule has 0 saturated carbocycles. The predicted octanol–water partition coefficient (Wildman–Crippen LogP) is 0.564. The summed E-state index contributed by atoms with van der Waals surface area (Å²) in [7, 11) is 0. The van der Waals surface area contributed by atoms with Gasteiger partial charge in [-0.3, -0.25) is 4.79 Å². The fourth-order valence-corrected chi connectivity index (χ4v) is 1.75. The Morgan fingerprint density at radius 3 is 2.65 bits per heavy atom. The molecule has 5 heteroatoms. The smallest absolute Gasteiger partial charge is 0.279 e. The Kier molecular flexibility index (Phi) is 6.46. The average Bonchev–Trinajstić information content (AvgIpc) is 2.33. The van der Waals surface area contributed by atoms with Crippen molar-refractivity contribution in [3.05, 3.63) is 27.8 Å². The molecule has 0 radical (unpaired) electrons. The van der Waals surface area contributed by atoms with Crippen LogP contribution in [-0.2, 0) is 4.79 Å². The summed E-state index contributed by atoms with van der Waals surface area (Å²) in [6.07, 6.45) is 0.854. The summed E-state index contributed by atoms with van der Waals surface area (Å²) < 4.78 is 1.14. The van der Waals surface area contributed by atoms with Crippen LogP contribution in [0.4, 0.5) is 5.69 Å². The number of nitrogens with one attached hydrogen (secondary N) is 1. The second-order valence-electron chi connectivity index (χ2n) is 3.85. The van der Waals surface area contributed by atoms with E-state index in [0.29, 0.717) is 6.54 Å². The molecule has 1 aromatic carbocycles. The van der Waals surface area contributed by atoms with E-state index in [0.717, 1.165) is 15.7 Å². The van der Waals surface area contributed by atoms with Gasteiger partial charge in [-0.1, -0.05) is 6.92 Å². The molecule has 0 aliphatic heterocycles. The van der Waals surface area contributed by atoms with Gasteiger partial charge in [0.05, 0.1) is 6.61 Å². The molecule has 0 fully saturated rings. The number of hydrogen-bond acceptors (Lipinski definition) is 2. The van der Waals surface area contributed by atoms with Crippen LogP contribution in [0.15, 0.2) is 24.3 Å². The lowest BCUT2D eigenvalue weighted by molar-refractivity contribution is -0.680.